The van der Waals surface area contributed by atoms with Crippen molar-refractivity contribution in [1.29, 1.82) is 0 Å². The first-order chi connectivity index (χ1) is 22.5. The maximum absolute atomic E-state index is 13.1. The fraction of sp³-hybridized carbons (Fsp3) is 0.447. The second kappa shape index (κ2) is 13.3. The lowest BCUT2D eigenvalue weighted by molar-refractivity contribution is -0.120. The van der Waals surface area contributed by atoms with E-state index in [4.69, 9.17) is 14.5 Å². The second-order valence-corrected chi connectivity index (χ2v) is 14.3. The number of pyridine rings is 1. The maximum atomic E-state index is 13.1. The molecule has 3 atom stereocenters. The molecule has 2 aromatic carbocycles. The average Bonchev–Trinajstić information content (AvgIpc) is 3.84. The number of ether oxygens (including phenoxy) is 2. The lowest BCUT2D eigenvalue weighted by atomic mass is 9.96. The highest BCUT2D eigenvalue weighted by Crippen LogP contribution is 2.45. The standard InChI is InChI=1S/C38H45N5O4/c1-23(2)30-21-31(30)33(44)20-25-10-7-12-28-27(25)15-14-24(3)34(28)46-35-29(13-8-17-39-35)32-16-18-40-36(42-32)41-26-11-9-19-43(22-26)37(45)47-38(4,5)6/h7-8,10,12-18,23,26,30-31H,9,11,19-22H2,1-6H3,(H,40,41,42)/t26-,30?,31?/m0/s1. The maximum Gasteiger partial charge on any atom is 0.410 e. The van der Waals surface area contributed by atoms with E-state index in [1.807, 2.05) is 70.2 Å². The summed E-state index contributed by atoms with van der Waals surface area (Å²) in [5.41, 5.74) is 2.84. The Hall–Kier alpha value is -4.53. The molecule has 1 aliphatic carbocycles. The molecule has 1 saturated heterocycles. The summed E-state index contributed by atoms with van der Waals surface area (Å²) in [6, 6.07) is 15.8. The Morgan fingerprint density at radius 2 is 1.85 bits per heavy atom. The molecule has 4 aromatic rings. The first-order valence-electron chi connectivity index (χ1n) is 16.7. The van der Waals surface area contributed by atoms with Crippen LogP contribution in [0.5, 0.6) is 11.6 Å². The second-order valence-electron chi connectivity index (χ2n) is 14.3. The Labute approximate surface area is 277 Å². The average molecular weight is 636 g/mol. The molecule has 1 N–H and O–H groups in total. The minimum atomic E-state index is -0.544. The van der Waals surface area contributed by atoms with Gasteiger partial charge in [0, 0.05) is 49.2 Å². The van der Waals surface area contributed by atoms with Crippen molar-refractivity contribution in [3.8, 4) is 22.9 Å². The minimum absolute atomic E-state index is 0.00767. The third kappa shape index (κ3) is 7.56. The number of rotatable bonds is 9. The van der Waals surface area contributed by atoms with Gasteiger partial charge in [0.25, 0.3) is 0 Å². The van der Waals surface area contributed by atoms with E-state index < -0.39 is 5.60 Å². The van der Waals surface area contributed by atoms with E-state index in [2.05, 4.69) is 35.2 Å². The van der Waals surface area contributed by atoms with Gasteiger partial charge >= 0.3 is 6.09 Å². The van der Waals surface area contributed by atoms with Crippen molar-refractivity contribution in [1.82, 2.24) is 19.9 Å². The number of ketones is 1. The molecule has 1 aliphatic heterocycles. The summed E-state index contributed by atoms with van der Waals surface area (Å²) in [6.07, 6.45) is 6.29. The van der Waals surface area contributed by atoms with Gasteiger partial charge in [-0.1, -0.05) is 44.2 Å². The molecule has 9 nitrogen and oxygen atoms in total. The Morgan fingerprint density at radius 1 is 1.02 bits per heavy atom. The van der Waals surface area contributed by atoms with E-state index in [0.29, 0.717) is 60.4 Å². The number of carbonyl (C=O) groups is 2. The quantitative estimate of drug-likeness (QED) is 0.197. The third-order valence-corrected chi connectivity index (χ3v) is 9.08. The van der Waals surface area contributed by atoms with E-state index >= 15 is 0 Å². The van der Waals surface area contributed by atoms with Crippen LogP contribution in [0.25, 0.3) is 22.0 Å². The van der Waals surface area contributed by atoms with Gasteiger partial charge in [-0.05, 0) is 93.5 Å². The van der Waals surface area contributed by atoms with Crippen LogP contribution in [0.4, 0.5) is 10.7 Å². The van der Waals surface area contributed by atoms with Gasteiger partial charge in [0.15, 0.2) is 0 Å². The lowest BCUT2D eigenvalue weighted by Crippen LogP contribution is -2.47. The van der Waals surface area contributed by atoms with Crippen molar-refractivity contribution >= 4 is 28.6 Å². The molecule has 1 saturated carbocycles. The minimum Gasteiger partial charge on any atom is -0.444 e. The van der Waals surface area contributed by atoms with Crippen LogP contribution in [0.15, 0.2) is 60.9 Å². The fourth-order valence-corrected chi connectivity index (χ4v) is 6.55. The molecule has 0 bridgehead atoms. The van der Waals surface area contributed by atoms with Gasteiger partial charge in [0.2, 0.25) is 11.8 Å². The van der Waals surface area contributed by atoms with Crippen LogP contribution in [0.1, 0.15) is 65.0 Å². The van der Waals surface area contributed by atoms with E-state index in [9.17, 15) is 9.59 Å². The van der Waals surface area contributed by atoms with Gasteiger partial charge < -0.3 is 19.7 Å². The SMILES string of the molecule is Cc1ccc2c(CC(=O)C3CC3C(C)C)cccc2c1Oc1ncccc1-c1ccnc(N[C@H]2CCCN(C(=O)OC(C)(C)C)C2)n1. The van der Waals surface area contributed by atoms with Crippen molar-refractivity contribution in [3.05, 3.63) is 72.1 Å². The third-order valence-electron chi connectivity index (χ3n) is 9.08. The summed E-state index contributed by atoms with van der Waals surface area (Å²) in [5, 5.41) is 5.38. The Balaban J connectivity index is 1.22. The first kappa shape index (κ1) is 32.4. The van der Waals surface area contributed by atoms with Crippen molar-refractivity contribution in [2.75, 3.05) is 18.4 Å². The molecule has 6 rings (SSSR count). The molecule has 9 heteroatoms. The van der Waals surface area contributed by atoms with Gasteiger partial charge in [-0.15, -0.1) is 0 Å². The predicted molar refractivity (Wildman–Crippen MR) is 184 cm³/mol. The zero-order chi connectivity index (χ0) is 33.3. The van der Waals surface area contributed by atoms with E-state index in [1.54, 1.807) is 17.3 Å². The molecule has 2 aliphatic rings. The zero-order valence-electron chi connectivity index (χ0n) is 28.2. The smallest absolute Gasteiger partial charge is 0.410 e. The van der Waals surface area contributed by atoms with Crippen molar-refractivity contribution < 1.29 is 19.1 Å². The number of hydrogen-bond donors (Lipinski definition) is 1. The van der Waals surface area contributed by atoms with Crippen molar-refractivity contribution in [2.45, 2.75) is 78.9 Å². The Kier molecular flexibility index (Phi) is 9.17. The van der Waals surface area contributed by atoms with E-state index in [0.717, 1.165) is 46.7 Å². The number of carbonyl (C=O) groups excluding carboxylic acids is 2. The highest BCUT2D eigenvalue weighted by molar-refractivity contribution is 5.96. The van der Waals surface area contributed by atoms with Crippen LogP contribution in [0, 0.1) is 24.7 Å². The molecule has 2 unspecified atom stereocenters. The number of aromatic nitrogens is 3. The van der Waals surface area contributed by atoms with Crippen molar-refractivity contribution in [3.63, 3.8) is 0 Å². The first-order valence-corrected chi connectivity index (χ1v) is 16.7. The number of benzene rings is 2. The van der Waals surface area contributed by atoms with E-state index in [-0.39, 0.29) is 18.1 Å². The van der Waals surface area contributed by atoms with Crippen LogP contribution in [0.3, 0.4) is 0 Å². The number of nitrogens with zero attached hydrogens (tertiary/aromatic N) is 4. The zero-order valence-corrected chi connectivity index (χ0v) is 28.2. The summed E-state index contributed by atoms with van der Waals surface area (Å²) < 4.78 is 12.2. The highest BCUT2D eigenvalue weighted by atomic mass is 16.6. The number of amides is 1. The number of nitrogens with one attached hydrogen (secondary N) is 1. The summed E-state index contributed by atoms with van der Waals surface area (Å²) in [4.78, 5) is 41.5. The Bertz CT molecular complexity index is 1780. The molecule has 0 radical (unpaired) electrons. The molecule has 3 heterocycles. The number of Topliss-reactive ketones (excluding diaryl/α,β-unsaturated/α-hetero) is 1. The molecule has 2 fully saturated rings. The van der Waals surface area contributed by atoms with Gasteiger partial charge in [-0.25, -0.2) is 19.7 Å². The van der Waals surface area contributed by atoms with Gasteiger partial charge in [-0.3, -0.25) is 4.79 Å². The van der Waals surface area contributed by atoms with Gasteiger partial charge in [0.05, 0.1) is 11.3 Å². The normalized spacial score (nSPS) is 19.5. The number of anilines is 1. The largest absolute Gasteiger partial charge is 0.444 e. The number of piperidine rings is 1. The predicted octanol–water partition coefficient (Wildman–Crippen LogP) is 8.01. The summed E-state index contributed by atoms with van der Waals surface area (Å²) in [5.74, 6) is 3.16. The number of fused-ring (bicyclic) bond motifs is 1. The molecule has 0 spiro atoms. The van der Waals surface area contributed by atoms with Crippen molar-refractivity contribution in [2.24, 2.45) is 17.8 Å². The molecule has 1 amide bonds. The van der Waals surface area contributed by atoms with Crippen LogP contribution < -0.4 is 10.1 Å². The summed E-state index contributed by atoms with van der Waals surface area (Å²) in [7, 11) is 0. The van der Waals surface area contributed by atoms with Crippen LogP contribution >= 0.6 is 0 Å². The number of aryl methyl sites for hydroxylation is 1. The summed E-state index contributed by atoms with van der Waals surface area (Å²) >= 11 is 0. The summed E-state index contributed by atoms with van der Waals surface area (Å²) in [6.45, 7) is 13.2. The van der Waals surface area contributed by atoms with Crippen LogP contribution in [0.2, 0.25) is 0 Å². The van der Waals surface area contributed by atoms with Crippen LogP contribution in [-0.2, 0) is 16.0 Å². The van der Waals surface area contributed by atoms with E-state index in [1.165, 1.54) is 0 Å². The Morgan fingerprint density at radius 3 is 2.62 bits per heavy atom. The molecular weight excluding hydrogens is 590 g/mol. The molecule has 47 heavy (non-hydrogen) atoms. The van der Waals surface area contributed by atoms with Gasteiger partial charge in [-0.2, -0.15) is 0 Å². The topological polar surface area (TPSA) is 107 Å². The molecular formula is C38H45N5O4. The number of hydrogen-bond acceptors (Lipinski definition) is 8. The monoisotopic (exact) mass is 635 g/mol. The van der Waals surface area contributed by atoms with Crippen LogP contribution in [-0.4, -0.2) is 56.5 Å². The molecule has 246 valence electrons. The van der Waals surface area contributed by atoms with Gasteiger partial charge in [0.1, 0.15) is 17.1 Å². The lowest BCUT2D eigenvalue weighted by Gasteiger charge is -2.34. The number of likely N-dealkylation sites (tertiary alicyclic amines) is 1. The fourth-order valence-electron chi connectivity index (χ4n) is 6.55. The molecule has 2 aromatic heterocycles. The highest BCUT2D eigenvalue weighted by Gasteiger charge is 2.44.